The zero-order valence-electron chi connectivity index (χ0n) is 22.4. The van der Waals surface area contributed by atoms with E-state index in [0.717, 1.165) is 81.0 Å². The van der Waals surface area contributed by atoms with E-state index in [9.17, 15) is 4.79 Å². The smallest absolute Gasteiger partial charge is 0.272 e. The number of hydrogen-bond donors (Lipinski definition) is 0. The van der Waals surface area contributed by atoms with Crippen LogP contribution >= 0.6 is 0 Å². The van der Waals surface area contributed by atoms with Crippen molar-refractivity contribution in [3.63, 3.8) is 0 Å². The van der Waals surface area contributed by atoms with Crippen molar-refractivity contribution in [2.45, 2.75) is 70.3 Å². The maximum atomic E-state index is 13.5. The predicted octanol–water partition coefficient (Wildman–Crippen LogP) is 4.87. The molecule has 0 bridgehead atoms. The highest BCUT2D eigenvalue weighted by Gasteiger charge is 2.40. The van der Waals surface area contributed by atoms with E-state index in [1.807, 2.05) is 11.8 Å². The molecule has 1 aliphatic carbocycles. The number of hydrogen-bond acceptors (Lipinski definition) is 5. The Kier molecular flexibility index (Phi) is 7.57. The number of aryl methyl sites for hydroxylation is 1. The van der Waals surface area contributed by atoms with Gasteiger partial charge < -0.3 is 9.64 Å². The average molecular weight is 503 g/mol. The summed E-state index contributed by atoms with van der Waals surface area (Å²) in [5.74, 6) is 2.94. The van der Waals surface area contributed by atoms with Gasteiger partial charge in [0.25, 0.3) is 5.91 Å². The van der Waals surface area contributed by atoms with Gasteiger partial charge in [0.2, 0.25) is 0 Å². The summed E-state index contributed by atoms with van der Waals surface area (Å²) in [5.41, 5.74) is 4.14. The van der Waals surface area contributed by atoms with E-state index >= 15 is 0 Å². The largest absolute Gasteiger partial charge is 0.381 e. The van der Waals surface area contributed by atoms with Gasteiger partial charge in [-0.15, -0.1) is 0 Å². The van der Waals surface area contributed by atoms with Gasteiger partial charge in [-0.25, -0.2) is 9.97 Å². The Balaban J connectivity index is 1.03. The second kappa shape index (κ2) is 11.2. The number of piperidine rings is 1. The Bertz CT molecular complexity index is 1060. The first-order valence-electron chi connectivity index (χ1n) is 14.6. The zero-order valence-corrected chi connectivity index (χ0v) is 22.4. The van der Waals surface area contributed by atoms with E-state index in [4.69, 9.17) is 4.74 Å². The third-order valence-electron chi connectivity index (χ3n) is 9.77. The van der Waals surface area contributed by atoms with Crippen LogP contribution in [-0.2, 0) is 11.2 Å². The molecule has 0 radical (unpaired) electrons. The number of carbonyl (C=O) groups is 1. The fraction of sp³-hybridized carbons (Fsp3) is 0.645. The molecule has 4 fully saturated rings. The van der Waals surface area contributed by atoms with E-state index in [0.29, 0.717) is 17.7 Å². The van der Waals surface area contributed by atoms with Crippen LogP contribution in [0, 0.1) is 24.7 Å². The SMILES string of the molecule is Cc1c(CC[C@H]2CCC[C@@H](c3ccccc3)C2)ncnc1C(=O)N1CCC(N2CC3COCC3C2)CC1. The molecule has 2 aromatic rings. The van der Waals surface area contributed by atoms with Gasteiger partial charge >= 0.3 is 0 Å². The first-order valence-corrected chi connectivity index (χ1v) is 14.6. The molecule has 4 atom stereocenters. The number of nitrogens with zero attached hydrogens (tertiary/aromatic N) is 4. The fourth-order valence-corrected chi connectivity index (χ4v) is 7.48. The molecular weight excluding hydrogens is 460 g/mol. The summed E-state index contributed by atoms with van der Waals surface area (Å²) in [6.45, 7) is 7.91. The van der Waals surface area contributed by atoms with E-state index in [1.54, 1.807) is 6.33 Å². The monoisotopic (exact) mass is 502 g/mol. The van der Waals surface area contributed by atoms with Crippen molar-refractivity contribution in [3.05, 3.63) is 59.2 Å². The minimum Gasteiger partial charge on any atom is -0.381 e. The number of rotatable bonds is 6. The summed E-state index contributed by atoms with van der Waals surface area (Å²) in [6, 6.07) is 11.6. The molecule has 6 nitrogen and oxygen atoms in total. The number of benzene rings is 1. The number of carbonyl (C=O) groups excluding carboxylic acids is 1. The van der Waals surface area contributed by atoms with E-state index in [1.165, 1.54) is 44.3 Å². The van der Waals surface area contributed by atoms with Gasteiger partial charge in [-0.05, 0) is 62.8 Å². The number of likely N-dealkylation sites (tertiary alicyclic amines) is 2. The molecule has 1 saturated carbocycles. The molecule has 4 aliphatic rings. The van der Waals surface area contributed by atoms with Gasteiger partial charge in [-0.1, -0.05) is 43.2 Å². The molecule has 6 rings (SSSR count). The van der Waals surface area contributed by atoms with Crippen molar-refractivity contribution >= 4 is 5.91 Å². The predicted molar refractivity (Wildman–Crippen MR) is 145 cm³/mol. The lowest BCUT2D eigenvalue weighted by Gasteiger charge is -2.37. The molecule has 0 spiro atoms. The lowest BCUT2D eigenvalue weighted by atomic mass is 9.76. The molecule has 1 aromatic heterocycles. The highest BCUT2D eigenvalue weighted by atomic mass is 16.5. The molecule has 4 heterocycles. The van der Waals surface area contributed by atoms with Crippen LogP contribution < -0.4 is 0 Å². The Labute approximate surface area is 221 Å². The summed E-state index contributed by atoms with van der Waals surface area (Å²) in [5, 5.41) is 0. The van der Waals surface area contributed by atoms with Crippen molar-refractivity contribution in [2.24, 2.45) is 17.8 Å². The van der Waals surface area contributed by atoms with Gasteiger partial charge in [-0.3, -0.25) is 9.69 Å². The van der Waals surface area contributed by atoms with Crippen molar-refractivity contribution in [1.82, 2.24) is 19.8 Å². The summed E-state index contributed by atoms with van der Waals surface area (Å²) < 4.78 is 5.65. The summed E-state index contributed by atoms with van der Waals surface area (Å²) in [6.07, 6.45) is 11.0. The molecule has 2 unspecified atom stereocenters. The molecule has 6 heteroatoms. The van der Waals surface area contributed by atoms with Gasteiger partial charge in [0.15, 0.2) is 0 Å². The van der Waals surface area contributed by atoms with Gasteiger partial charge in [0.05, 0.1) is 13.2 Å². The summed E-state index contributed by atoms with van der Waals surface area (Å²) >= 11 is 0. The number of aromatic nitrogens is 2. The van der Waals surface area contributed by atoms with Gasteiger partial charge in [-0.2, -0.15) is 0 Å². The number of amides is 1. The third kappa shape index (κ3) is 5.46. The number of ether oxygens (including phenoxy) is 1. The topological polar surface area (TPSA) is 58.6 Å². The van der Waals surface area contributed by atoms with Crippen molar-refractivity contribution in [2.75, 3.05) is 39.4 Å². The molecule has 1 aromatic carbocycles. The lowest BCUT2D eigenvalue weighted by Crippen LogP contribution is -2.46. The molecule has 3 aliphatic heterocycles. The van der Waals surface area contributed by atoms with Crippen LogP contribution in [0.3, 0.4) is 0 Å². The molecule has 3 saturated heterocycles. The standard InChI is InChI=1S/C31H42N4O2/c1-22-29(11-10-23-6-5-9-25(16-23)24-7-3-2-4-8-24)32-21-33-30(22)31(36)34-14-12-28(13-15-34)35-17-26-19-37-20-27(26)18-35/h2-4,7-8,21,23,25-28H,5-6,9-20H2,1H3/t23-,25-,26?,27?/m1/s1. The maximum absolute atomic E-state index is 13.5. The van der Waals surface area contributed by atoms with Crippen LogP contribution in [0.15, 0.2) is 36.7 Å². The van der Waals surface area contributed by atoms with Crippen LogP contribution in [0.4, 0.5) is 0 Å². The summed E-state index contributed by atoms with van der Waals surface area (Å²) in [4.78, 5) is 27.3. The molecular formula is C31H42N4O2. The van der Waals surface area contributed by atoms with Crippen LogP contribution in [0.1, 0.15) is 78.2 Å². The van der Waals surface area contributed by atoms with Crippen LogP contribution in [0.25, 0.3) is 0 Å². The van der Waals surface area contributed by atoms with Crippen molar-refractivity contribution < 1.29 is 9.53 Å². The van der Waals surface area contributed by atoms with Crippen LogP contribution in [-0.4, -0.2) is 71.1 Å². The van der Waals surface area contributed by atoms with E-state index in [2.05, 4.69) is 45.2 Å². The highest BCUT2D eigenvalue weighted by Crippen LogP contribution is 2.38. The zero-order chi connectivity index (χ0) is 25.2. The molecule has 0 N–H and O–H groups in total. The van der Waals surface area contributed by atoms with E-state index < -0.39 is 0 Å². The average Bonchev–Trinajstić information content (AvgIpc) is 3.56. The Morgan fingerprint density at radius 2 is 1.76 bits per heavy atom. The first kappa shape index (κ1) is 25.0. The Morgan fingerprint density at radius 3 is 2.51 bits per heavy atom. The van der Waals surface area contributed by atoms with Crippen LogP contribution in [0.2, 0.25) is 0 Å². The Morgan fingerprint density at radius 1 is 1.00 bits per heavy atom. The second-order valence-electron chi connectivity index (χ2n) is 12.0. The second-order valence-corrected chi connectivity index (χ2v) is 12.0. The quantitative estimate of drug-likeness (QED) is 0.564. The third-order valence-corrected chi connectivity index (χ3v) is 9.77. The Hall–Kier alpha value is -2.31. The fourth-order valence-electron chi connectivity index (χ4n) is 7.48. The van der Waals surface area contributed by atoms with E-state index in [-0.39, 0.29) is 5.91 Å². The van der Waals surface area contributed by atoms with Crippen molar-refractivity contribution in [1.29, 1.82) is 0 Å². The van der Waals surface area contributed by atoms with Gasteiger partial charge in [0, 0.05) is 55.3 Å². The minimum absolute atomic E-state index is 0.0908. The summed E-state index contributed by atoms with van der Waals surface area (Å²) in [7, 11) is 0. The number of fused-ring (bicyclic) bond motifs is 1. The minimum atomic E-state index is 0.0908. The highest BCUT2D eigenvalue weighted by molar-refractivity contribution is 5.93. The lowest BCUT2D eigenvalue weighted by molar-refractivity contribution is 0.0611. The van der Waals surface area contributed by atoms with Crippen molar-refractivity contribution in [3.8, 4) is 0 Å². The first-order chi connectivity index (χ1) is 18.2. The molecule has 1 amide bonds. The van der Waals surface area contributed by atoms with Gasteiger partial charge in [0.1, 0.15) is 12.0 Å². The molecule has 37 heavy (non-hydrogen) atoms. The molecule has 198 valence electrons. The maximum Gasteiger partial charge on any atom is 0.272 e. The normalized spacial score (nSPS) is 28.9. The van der Waals surface area contributed by atoms with Crippen LogP contribution in [0.5, 0.6) is 0 Å².